The highest BCUT2D eigenvalue weighted by atomic mass is 79.9. The maximum Gasteiger partial charge on any atom is 0.251 e. The number of nitrogens with zero attached hydrogens (tertiary/aromatic N) is 3. The Hall–Kier alpha value is -2.85. The highest BCUT2D eigenvalue weighted by Gasteiger charge is 2.15. The van der Waals surface area contributed by atoms with Crippen LogP contribution in [0.25, 0.3) is 0 Å². The molecule has 3 aromatic rings. The highest BCUT2D eigenvalue weighted by Crippen LogP contribution is 2.20. The van der Waals surface area contributed by atoms with Gasteiger partial charge in [0, 0.05) is 22.3 Å². The van der Waals surface area contributed by atoms with Crippen LogP contribution >= 0.6 is 27.7 Å². The second kappa shape index (κ2) is 12.4. The van der Waals surface area contributed by atoms with Crippen molar-refractivity contribution >= 4 is 45.2 Å². The largest absolute Gasteiger partial charge is 0.497 e. The smallest absolute Gasteiger partial charge is 0.251 e. The van der Waals surface area contributed by atoms with E-state index < -0.39 is 0 Å². The summed E-state index contributed by atoms with van der Waals surface area (Å²) in [6.07, 6.45) is 1.94. The lowest BCUT2D eigenvalue weighted by Gasteiger charge is -2.11. The maximum atomic E-state index is 12.5. The van der Waals surface area contributed by atoms with Crippen LogP contribution in [0.2, 0.25) is 0 Å². The van der Waals surface area contributed by atoms with Crippen molar-refractivity contribution in [1.29, 1.82) is 0 Å². The normalized spacial score (nSPS) is 10.6. The van der Waals surface area contributed by atoms with Crippen molar-refractivity contribution in [2.75, 3.05) is 18.2 Å². The number of unbranched alkanes of at least 4 members (excludes halogenated alkanes) is 1. The molecule has 10 heteroatoms. The van der Waals surface area contributed by atoms with Gasteiger partial charge in [0.2, 0.25) is 5.91 Å². The Morgan fingerprint density at radius 2 is 1.82 bits per heavy atom. The molecule has 174 valence electrons. The summed E-state index contributed by atoms with van der Waals surface area (Å²) >= 11 is 4.70. The average Bonchev–Trinajstić information content (AvgIpc) is 3.22. The number of hydrogen-bond donors (Lipinski definition) is 2. The first-order valence-electron chi connectivity index (χ1n) is 10.5. The molecule has 0 saturated heterocycles. The highest BCUT2D eigenvalue weighted by molar-refractivity contribution is 9.10. The second-order valence-corrected chi connectivity index (χ2v) is 9.02. The number of rotatable bonds is 11. The van der Waals surface area contributed by atoms with Gasteiger partial charge in [-0.05, 0) is 55.0 Å². The number of thioether (sulfide) groups is 1. The van der Waals surface area contributed by atoms with Gasteiger partial charge in [-0.1, -0.05) is 41.0 Å². The summed E-state index contributed by atoms with van der Waals surface area (Å²) in [5, 5.41) is 14.9. The van der Waals surface area contributed by atoms with E-state index in [1.54, 1.807) is 31.4 Å². The molecular formula is C23H26BrN5O3S. The zero-order chi connectivity index (χ0) is 23.6. The fraction of sp³-hybridized carbons (Fsp3) is 0.304. The van der Waals surface area contributed by atoms with Crippen LogP contribution in [0.4, 0.5) is 5.69 Å². The molecule has 0 saturated carbocycles. The van der Waals surface area contributed by atoms with Crippen LogP contribution in [0, 0.1) is 0 Å². The van der Waals surface area contributed by atoms with Gasteiger partial charge in [-0.3, -0.25) is 9.59 Å². The van der Waals surface area contributed by atoms with Crippen LogP contribution in [-0.4, -0.2) is 39.4 Å². The number of carbonyl (C=O) groups is 2. The number of carbonyl (C=O) groups excluding carboxylic acids is 2. The van der Waals surface area contributed by atoms with E-state index in [2.05, 4.69) is 43.7 Å². The summed E-state index contributed by atoms with van der Waals surface area (Å²) < 4.78 is 8.04. The van der Waals surface area contributed by atoms with E-state index in [9.17, 15) is 9.59 Å². The Labute approximate surface area is 205 Å². The molecule has 8 nitrogen and oxygen atoms in total. The van der Waals surface area contributed by atoms with E-state index in [0.717, 1.165) is 23.0 Å². The number of halogens is 1. The predicted octanol–water partition coefficient (Wildman–Crippen LogP) is 4.51. The zero-order valence-corrected chi connectivity index (χ0v) is 20.9. The minimum absolute atomic E-state index is 0.123. The summed E-state index contributed by atoms with van der Waals surface area (Å²) in [6, 6.07) is 14.3. The van der Waals surface area contributed by atoms with Gasteiger partial charge in [0.15, 0.2) is 11.0 Å². The van der Waals surface area contributed by atoms with E-state index in [1.807, 2.05) is 28.8 Å². The molecule has 0 spiro atoms. The minimum Gasteiger partial charge on any atom is -0.497 e. The summed E-state index contributed by atoms with van der Waals surface area (Å²) in [4.78, 5) is 24.8. The van der Waals surface area contributed by atoms with Gasteiger partial charge >= 0.3 is 0 Å². The third-order valence-electron chi connectivity index (χ3n) is 4.75. The molecule has 2 aromatic carbocycles. The average molecular weight is 532 g/mol. The number of ether oxygens (including phenoxy) is 1. The molecule has 3 rings (SSSR count). The lowest BCUT2D eigenvalue weighted by Crippen LogP contribution is -2.25. The molecule has 0 atom stereocenters. The number of methoxy groups -OCH3 is 1. The molecule has 0 aliphatic heterocycles. The maximum absolute atomic E-state index is 12.5. The van der Waals surface area contributed by atoms with Gasteiger partial charge in [0.25, 0.3) is 5.91 Å². The fourth-order valence-electron chi connectivity index (χ4n) is 2.96. The third kappa shape index (κ3) is 7.33. The fourth-order valence-corrected chi connectivity index (χ4v) is 4.01. The second-order valence-electron chi connectivity index (χ2n) is 7.16. The van der Waals surface area contributed by atoms with Gasteiger partial charge in [0.05, 0.1) is 19.4 Å². The Balaban J connectivity index is 1.60. The number of amides is 2. The van der Waals surface area contributed by atoms with Crippen LogP contribution in [-0.2, 0) is 17.9 Å². The molecule has 0 unspecified atom stereocenters. The molecule has 0 bridgehead atoms. The van der Waals surface area contributed by atoms with Gasteiger partial charge in [-0.2, -0.15) is 0 Å². The van der Waals surface area contributed by atoms with Crippen molar-refractivity contribution in [2.24, 2.45) is 0 Å². The van der Waals surface area contributed by atoms with E-state index in [-0.39, 0.29) is 24.1 Å². The number of aromatic nitrogens is 3. The molecule has 0 radical (unpaired) electrons. The van der Waals surface area contributed by atoms with Gasteiger partial charge in [0.1, 0.15) is 5.75 Å². The predicted molar refractivity (Wildman–Crippen MR) is 133 cm³/mol. The lowest BCUT2D eigenvalue weighted by atomic mass is 10.2. The minimum atomic E-state index is -0.203. The number of hydrogen-bond acceptors (Lipinski definition) is 6. The molecule has 2 amide bonds. The van der Waals surface area contributed by atoms with Crippen LogP contribution < -0.4 is 15.4 Å². The number of benzene rings is 2. The Morgan fingerprint density at radius 1 is 1.09 bits per heavy atom. The standard InChI is InChI=1S/C23H26BrN5O3S/c1-3-4-13-29-20(14-25-22(31)16-5-11-19(32-2)12-6-16)27-28-23(29)33-15-21(30)26-18-9-7-17(24)8-10-18/h5-12H,3-4,13-15H2,1-2H3,(H,25,31)(H,26,30). The Morgan fingerprint density at radius 3 is 2.48 bits per heavy atom. The topological polar surface area (TPSA) is 98.1 Å². The Kier molecular flexibility index (Phi) is 9.32. The van der Waals surface area contributed by atoms with E-state index in [4.69, 9.17) is 4.74 Å². The molecular weight excluding hydrogens is 506 g/mol. The van der Waals surface area contributed by atoms with Crippen molar-refractivity contribution in [3.63, 3.8) is 0 Å². The van der Waals surface area contributed by atoms with Crippen molar-refractivity contribution in [3.8, 4) is 5.75 Å². The summed E-state index contributed by atoms with van der Waals surface area (Å²) in [5.74, 6) is 1.23. The van der Waals surface area contributed by atoms with Gasteiger partial charge < -0.3 is 19.9 Å². The number of nitrogens with one attached hydrogen (secondary N) is 2. The van der Waals surface area contributed by atoms with E-state index in [0.29, 0.717) is 28.8 Å². The Bertz CT molecular complexity index is 1070. The molecule has 0 fully saturated rings. The van der Waals surface area contributed by atoms with Crippen molar-refractivity contribution in [1.82, 2.24) is 20.1 Å². The van der Waals surface area contributed by atoms with Gasteiger partial charge in [-0.15, -0.1) is 10.2 Å². The van der Waals surface area contributed by atoms with E-state index in [1.165, 1.54) is 11.8 Å². The lowest BCUT2D eigenvalue weighted by molar-refractivity contribution is -0.113. The summed E-state index contributed by atoms with van der Waals surface area (Å²) in [6.45, 7) is 3.06. The molecule has 1 aromatic heterocycles. The monoisotopic (exact) mass is 531 g/mol. The van der Waals surface area contributed by atoms with Crippen molar-refractivity contribution in [2.45, 2.75) is 38.0 Å². The van der Waals surface area contributed by atoms with Crippen LogP contribution in [0.5, 0.6) is 5.75 Å². The first kappa shape index (κ1) is 24.8. The molecule has 1 heterocycles. The first-order valence-corrected chi connectivity index (χ1v) is 12.3. The summed E-state index contributed by atoms with van der Waals surface area (Å²) in [7, 11) is 1.58. The zero-order valence-electron chi connectivity index (χ0n) is 18.5. The quantitative estimate of drug-likeness (QED) is 0.353. The molecule has 33 heavy (non-hydrogen) atoms. The van der Waals surface area contributed by atoms with E-state index >= 15 is 0 Å². The number of anilines is 1. The molecule has 0 aliphatic rings. The third-order valence-corrected chi connectivity index (χ3v) is 6.24. The molecule has 0 aliphatic carbocycles. The van der Waals surface area contributed by atoms with Gasteiger partial charge in [-0.25, -0.2) is 0 Å². The first-order chi connectivity index (χ1) is 16.0. The van der Waals surface area contributed by atoms with Crippen molar-refractivity contribution in [3.05, 3.63) is 64.4 Å². The van der Waals surface area contributed by atoms with Crippen LogP contribution in [0.1, 0.15) is 35.9 Å². The van der Waals surface area contributed by atoms with Crippen LogP contribution in [0.3, 0.4) is 0 Å². The van der Waals surface area contributed by atoms with Crippen molar-refractivity contribution < 1.29 is 14.3 Å². The molecule has 2 N–H and O–H groups in total. The SMILES string of the molecule is CCCCn1c(CNC(=O)c2ccc(OC)cc2)nnc1SCC(=O)Nc1ccc(Br)cc1. The summed E-state index contributed by atoms with van der Waals surface area (Å²) in [5.41, 5.74) is 1.27. The van der Waals surface area contributed by atoms with Crippen LogP contribution in [0.15, 0.2) is 58.2 Å².